The third-order valence-corrected chi connectivity index (χ3v) is 5.26. The molecule has 1 fully saturated rings. The number of nitrogens with one attached hydrogen (secondary N) is 3. The highest BCUT2D eigenvalue weighted by atomic mass is 32.2. The van der Waals surface area contributed by atoms with Crippen LogP contribution in [0, 0.1) is 6.92 Å². The minimum atomic E-state index is -0.280. The van der Waals surface area contributed by atoms with Crippen LogP contribution in [0.5, 0.6) is 5.75 Å². The molecule has 5 nitrogen and oxygen atoms in total. The number of benzene rings is 2. The van der Waals surface area contributed by atoms with Gasteiger partial charge < -0.3 is 15.4 Å². The second-order valence-electron chi connectivity index (χ2n) is 6.29. The summed E-state index contributed by atoms with van der Waals surface area (Å²) in [6, 6.07) is 16.3. The zero-order valence-corrected chi connectivity index (χ0v) is 15.9. The van der Waals surface area contributed by atoms with E-state index in [1.807, 2.05) is 31.2 Å². The quantitative estimate of drug-likeness (QED) is 0.652. The molecule has 1 saturated heterocycles. The van der Waals surface area contributed by atoms with Crippen molar-refractivity contribution < 1.29 is 9.53 Å². The SMILES string of the molecule is CCOc1ccc(NC2NC(=O)CC(CSc3ccc(C)cc3)N2)cc1. The van der Waals surface area contributed by atoms with Gasteiger partial charge in [-0.1, -0.05) is 17.7 Å². The molecule has 138 valence electrons. The molecule has 2 aromatic rings. The summed E-state index contributed by atoms with van der Waals surface area (Å²) in [5.41, 5.74) is 2.18. The van der Waals surface area contributed by atoms with Crippen LogP contribution in [0.2, 0.25) is 0 Å². The number of hydrogen-bond donors (Lipinski definition) is 3. The van der Waals surface area contributed by atoms with Gasteiger partial charge in [0.25, 0.3) is 0 Å². The maximum Gasteiger partial charge on any atom is 0.224 e. The van der Waals surface area contributed by atoms with Crippen LogP contribution in [0.25, 0.3) is 0 Å². The lowest BCUT2D eigenvalue weighted by Crippen LogP contribution is -2.60. The maximum absolute atomic E-state index is 12.0. The Morgan fingerprint density at radius 1 is 1.15 bits per heavy atom. The van der Waals surface area contributed by atoms with Crippen LogP contribution in [0.15, 0.2) is 53.4 Å². The van der Waals surface area contributed by atoms with Gasteiger partial charge in [-0.3, -0.25) is 10.1 Å². The molecule has 3 N–H and O–H groups in total. The number of thioether (sulfide) groups is 1. The molecule has 0 saturated carbocycles. The largest absolute Gasteiger partial charge is 0.494 e. The van der Waals surface area contributed by atoms with Crippen LogP contribution >= 0.6 is 11.8 Å². The monoisotopic (exact) mass is 371 g/mol. The van der Waals surface area contributed by atoms with E-state index in [2.05, 4.69) is 47.1 Å². The summed E-state index contributed by atoms with van der Waals surface area (Å²) in [6.07, 6.45) is 0.207. The van der Waals surface area contributed by atoms with Crippen LogP contribution < -0.4 is 20.7 Å². The second kappa shape index (κ2) is 8.96. The van der Waals surface area contributed by atoms with Crippen molar-refractivity contribution in [3.05, 3.63) is 54.1 Å². The fourth-order valence-electron chi connectivity index (χ4n) is 2.78. The van der Waals surface area contributed by atoms with Crippen LogP contribution in [0.4, 0.5) is 5.69 Å². The van der Waals surface area contributed by atoms with E-state index in [-0.39, 0.29) is 18.2 Å². The average Bonchev–Trinajstić information content (AvgIpc) is 2.63. The standard InChI is InChI=1S/C20H25N3O2S/c1-3-25-17-8-6-15(7-9-17)21-20-22-16(12-19(24)23-20)13-26-18-10-4-14(2)5-11-18/h4-11,16,20-22H,3,12-13H2,1-2H3,(H,23,24). The van der Waals surface area contributed by atoms with Gasteiger partial charge in [-0.05, 0) is 50.2 Å². The highest BCUT2D eigenvalue weighted by Crippen LogP contribution is 2.21. The molecule has 1 heterocycles. The van der Waals surface area contributed by atoms with E-state index in [4.69, 9.17) is 4.74 Å². The Morgan fingerprint density at radius 2 is 1.88 bits per heavy atom. The van der Waals surface area contributed by atoms with E-state index in [1.165, 1.54) is 10.5 Å². The van der Waals surface area contributed by atoms with Gasteiger partial charge in [0.15, 0.2) is 6.29 Å². The Hall–Kier alpha value is -2.18. The zero-order chi connectivity index (χ0) is 18.4. The Labute approximate surface area is 158 Å². The summed E-state index contributed by atoms with van der Waals surface area (Å²) in [7, 11) is 0. The van der Waals surface area contributed by atoms with Gasteiger partial charge in [0.1, 0.15) is 5.75 Å². The minimum Gasteiger partial charge on any atom is -0.494 e. The molecular formula is C20H25N3O2S. The lowest BCUT2D eigenvalue weighted by Gasteiger charge is -2.32. The van der Waals surface area contributed by atoms with Crippen LogP contribution in [0.3, 0.4) is 0 Å². The molecule has 2 aromatic carbocycles. The van der Waals surface area contributed by atoms with Crippen molar-refractivity contribution in [2.24, 2.45) is 0 Å². The number of amides is 1. The molecule has 0 aliphatic carbocycles. The van der Waals surface area contributed by atoms with Crippen LogP contribution in [0.1, 0.15) is 18.9 Å². The number of rotatable bonds is 7. The Bertz CT molecular complexity index is 719. The number of carbonyl (C=O) groups excluding carboxylic acids is 1. The molecule has 0 spiro atoms. The topological polar surface area (TPSA) is 62.4 Å². The summed E-state index contributed by atoms with van der Waals surface area (Å²) in [5, 5.41) is 9.71. The molecule has 3 rings (SSSR count). The van der Waals surface area contributed by atoms with E-state index >= 15 is 0 Å². The number of hydrogen-bond acceptors (Lipinski definition) is 5. The van der Waals surface area contributed by atoms with Gasteiger partial charge in [-0.15, -0.1) is 11.8 Å². The van der Waals surface area contributed by atoms with Gasteiger partial charge in [-0.25, -0.2) is 0 Å². The maximum atomic E-state index is 12.0. The first-order valence-corrected chi connectivity index (χ1v) is 9.85. The Morgan fingerprint density at radius 3 is 2.58 bits per heavy atom. The highest BCUT2D eigenvalue weighted by Gasteiger charge is 2.25. The number of aryl methyl sites for hydroxylation is 1. The summed E-state index contributed by atoms with van der Waals surface area (Å²) < 4.78 is 5.45. The molecule has 1 aliphatic rings. The molecule has 2 atom stereocenters. The van der Waals surface area contributed by atoms with Crippen molar-refractivity contribution in [2.75, 3.05) is 17.7 Å². The molecule has 6 heteroatoms. The van der Waals surface area contributed by atoms with Crippen molar-refractivity contribution in [1.29, 1.82) is 0 Å². The van der Waals surface area contributed by atoms with E-state index < -0.39 is 0 Å². The molecule has 0 radical (unpaired) electrons. The molecule has 0 aromatic heterocycles. The van der Waals surface area contributed by atoms with Gasteiger partial charge in [0, 0.05) is 28.8 Å². The predicted octanol–water partition coefficient (Wildman–Crippen LogP) is 3.36. The molecular weight excluding hydrogens is 346 g/mol. The van der Waals surface area contributed by atoms with Gasteiger partial charge >= 0.3 is 0 Å². The predicted molar refractivity (Wildman–Crippen MR) is 107 cm³/mol. The zero-order valence-electron chi connectivity index (χ0n) is 15.1. The molecule has 0 bridgehead atoms. The van der Waals surface area contributed by atoms with E-state index in [1.54, 1.807) is 11.8 Å². The molecule has 26 heavy (non-hydrogen) atoms. The molecule has 1 amide bonds. The highest BCUT2D eigenvalue weighted by molar-refractivity contribution is 7.99. The summed E-state index contributed by atoms with van der Waals surface area (Å²) in [4.78, 5) is 13.3. The normalized spacial score (nSPS) is 19.7. The summed E-state index contributed by atoms with van der Waals surface area (Å²) in [6.45, 7) is 4.69. The Kier molecular flexibility index (Phi) is 6.41. The van der Waals surface area contributed by atoms with Gasteiger partial charge in [-0.2, -0.15) is 0 Å². The van der Waals surface area contributed by atoms with Gasteiger partial charge in [0.05, 0.1) is 6.61 Å². The van der Waals surface area contributed by atoms with Crippen LogP contribution in [-0.4, -0.2) is 30.6 Å². The number of anilines is 1. The smallest absolute Gasteiger partial charge is 0.224 e. The third kappa shape index (κ3) is 5.41. The van der Waals surface area contributed by atoms with Crippen LogP contribution in [-0.2, 0) is 4.79 Å². The Balaban J connectivity index is 1.53. The summed E-state index contributed by atoms with van der Waals surface area (Å²) in [5.74, 6) is 1.74. The lowest BCUT2D eigenvalue weighted by atomic mass is 10.2. The van der Waals surface area contributed by atoms with E-state index in [9.17, 15) is 4.79 Å². The number of ether oxygens (including phenoxy) is 1. The average molecular weight is 372 g/mol. The fraction of sp³-hybridized carbons (Fsp3) is 0.350. The second-order valence-corrected chi connectivity index (χ2v) is 7.39. The van der Waals surface area contributed by atoms with Crippen molar-refractivity contribution in [1.82, 2.24) is 10.6 Å². The lowest BCUT2D eigenvalue weighted by molar-refractivity contribution is -0.123. The first-order chi connectivity index (χ1) is 12.6. The summed E-state index contributed by atoms with van der Waals surface area (Å²) >= 11 is 1.77. The van der Waals surface area contributed by atoms with Crippen molar-refractivity contribution in [3.63, 3.8) is 0 Å². The van der Waals surface area contributed by atoms with E-state index in [0.29, 0.717) is 13.0 Å². The fourth-order valence-corrected chi connectivity index (χ4v) is 3.71. The number of carbonyl (C=O) groups is 1. The first-order valence-electron chi connectivity index (χ1n) is 8.86. The molecule has 1 aliphatic heterocycles. The van der Waals surface area contributed by atoms with Crippen molar-refractivity contribution in [2.45, 2.75) is 37.5 Å². The first kappa shape index (κ1) is 18.6. The van der Waals surface area contributed by atoms with E-state index in [0.717, 1.165) is 17.2 Å². The third-order valence-electron chi connectivity index (χ3n) is 4.09. The minimum absolute atomic E-state index is 0.0571. The van der Waals surface area contributed by atoms with Crippen molar-refractivity contribution >= 4 is 23.4 Å². The van der Waals surface area contributed by atoms with Gasteiger partial charge in [0.2, 0.25) is 5.91 Å². The van der Waals surface area contributed by atoms with Crippen molar-refractivity contribution in [3.8, 4) is 5.75 Å². The molecule has 2 unspecified atom stereocenters.